The summed E-state index contributed by atoms with van der Waals surface area (Å²) in [6.07, 6.45) is 5.41. The number of aromatic nitrogens is 2. The van der Waals surface area contributed by atoms with E-state index in [9.17, 15) is 4.79 Å². The second kappa shape index (κ2) is 12.0. The van der Waals surface area contributed by atoms with E-state index in [0.717, 1.165) is 67.1 Å². The van der Waals surface area contributed by atoms with Crippen LogP contribution < -0.4 is 16.4 Å². The Morgan fingerprint density at radius 3 is 2.48 bits per heavy atom. The molecule has 0 unspecified atom stereocenters. The molecule has 2 rings (SSSR count). The minimum Gasteiger partial charge on any atom is -0.481 e. The highest BCUT2D eigenvalue weighted by Crippen LogP contribution is 2.19. The average Bonchev–Trinajstić information content (AvgIpc) is 2.67. The summed E-state index contributed by atoms with van der Waals surface area (Å²) in [6, 6.07) is 7.69. The van der Waals surface area contributed by atoms with Crippen molar-refractivity contribution in [1.29, 1.82) is 0 Å². The van der Waals surface area contributed by atoms with Crippen LogP contribution in [0, 0.1) is 6.92 Å². The summed E-state index contributed by atoms with van der Waals surface area (Å²) in [5, 5.41) is 15.7. The number of benzene rings is 1. The van der Waals surface area contributed by atoms with E-state index in [-0.39, 0.29) is 6.42 Å². The molecule has 1 heterocycles. The largest absolute Gasteiger partial charge is 0.481 e. The van der Waals surface area contributed by atoms with Gasteiger partial charge in [0.2, 0.25) is 5.95 Å². The van der Waals surface area contributed by atoms with E-state index in [0.29, 0.717) is 5.95 Å². The number of hydrogen-bond donors (Lipinski definition) is 4. The molecule has 5 N–H and O–H groups in total. The molecule has 7 nitrogen and oxygen atoms in total. The predicted octanol–water partition coefficient (Wildman–Crippen LogP) is 3.32. The summed E-state index contributed by atoms with van der Waals surface area (Å²) in [5.74, 6) is 0.367. The summed E-state index contributed by atoms with van der Waals surface area (Å²) in [4.78, 5) is 19.5. The highest BCUT2D eigenvalue weighted by atomic mass is 16.4. The van der Waals surface area contributed by atoms with E-state index >= 15 is 0 Å². The summed E-state index contributed by atoms with van der Waals surface area (Å²) < 4.78 is 0. The quantitative estimate of drug-likeness (QED) is 0.382. The zero-order chi connectivity index (χ0) is 21.1. The first-order chi connectivity index (χ1) is 14.0. The molecule has 1 aromatic carbocycles. The number of nitrogen functional groups attached to an aromatic ring is 1. The molecule has 0 saturated carbocycles. The highest BCUT2D eigenvalue weighted by Gasteiger charge is 2.10. The van der Waals surface area contributed by atoms with Crippen LogP contribution in [0.15, 0.2) is 24.3 Å². The van der Waals surface area contributed by atoms with Gasteiger partial charge in [0.15, 0.2) is 0 Å². The Balaban J connectivity index is 1.80. The third-order valence-electron chi connectivity index (χ3n) is 4.79. The lowest BCUT2D eigenvalue weighted by molar-refractivity contribution is -0.136. The molecule has 7 heteroatoms. The molecule has 29 heavy (non-hydrogen) atoms. The van der Waals surface area contributed by atoms with E-state index in [2.05, 4.69) is 27.5 Å². The van der Waals surface area contributed by atoms with Gasteiger partial charge in [0, 0.05) is 24.3 Å². The summed E-state index contributed by atoms with van der Waals surface area (Å²) in [7, 11) is 0. The summed E-state index contributed by atoms with van der Waals surface area (Å²) >= 11 is 0. The molecular formula is C22H33N5O2. The Kier molecular flexibility index (Phi) is 9.37. The molecule has 0 fully saturated rings. The molecule has 0 bridgehead atoms. The first-order valence-electron chi connectivity index (χ1n) is 10.4. The third-order valence-corrected chi connectivity index (χ3v) is 4.79. The Bertz CT molecular complexity index is 778. The number of nitrogens with zero attached hydrogens (tertiary/aromatic N) is 2. The number of nitrogens with two attached hydrogens (primary N) is 1. The van der Waals surface area contributed by atoms with Crippen molar-refractivity contribution >= 4 is 17.7 Å². The van der Waals surface area contributed by atoms with E-state index in [1.165, 1.54) is 12.8 Å². The van der Waals surface area contributed by atoms with E-state index in [1.807, 2.05) is 31.2 Å². The number of carboxylic acid groups (broad SMARTS) is 1. The van der Waals surface area contributed by atoms with Crippen LogP contribution in [0.3, 0.4) is 0 Å². The van der Waals surface area contributed by atoms with Crippen LogP contribution in [-0.4, -0.2) is 34.1 Å². The Morgan fingerprint density at radius 2 is 1.79 bits per heavy atom. The maximum atomic E-state index is 10.7. The maximum absolute atomic E-state index is 10.7. The van der Waals surface area contributed by atoms with Gasteiger partial charge in [-0.2, -0.15) is 4.98 Å². The molecule has 0 aliphatic carbocycles. The van der Waals surface area contributed by atoms with Gasteiger partial charge in [-0.25, -0.2) is 4.98 Å². The fourth-order valence-electron chi connectivity index (χ4n) is 3.22. The fraction of sp³-hybridized carbons (Fsp3) is 0.500. The van der Waals surface area contributed by atoms with Crippen LogP contribution in [0.2, 0.25) is 0 Å². The van der Waals surface area contributed by atoms with Crippen LogP contribution in [0.1, 0.15) is 55.0 Å². The van der Waals surface area contributed by atoms with Crippen LogP contribution >= 0.6 is 0 Å². The third kappa shape index (κ3) is 8.07. The first kappa shape index (κ1) is 22.6. The zero-order valence-corrected chi connectivity index (χ0v) is 17.5. The van der Waals surface area contributed by atoms with Crippen molar-refractivity contribution in [3.63, 3.8) is 0 Å². The number of anilines is 2. The van der Waals surface area contributed by atoms with Crippen molar-refractivity contribution in [2.75, 3.05) is 24.1 Å². The zero-order valence-electron chi connectivity index (χ0n) is 17.5. The van der Waals surface area contributed by atoms with Gasteiger partial charge in [-0.1, -0.05) is 44.0 Å². The smallest absolute Gasteiger partial charge is 0.307 e. The van der Waals surface area contributed by atoms with Gasteiger partial charge in [0.25, 0.3) is 0 Å². The lowest BCUT2D eigenvalue weighted by Gasteiger charge is -2.14. The molecule has 2 aromatic rings. The van der Waals surface area contributed by atoms with Crippen molar-refractivity contribution in [2.24, 2.45) is 0 Å². The number of carbonyl (C=O) groups is 1. The van der Waals surface area contributed by atoms with Crippen molar-refractivity contribution in [3.05, 3.63) is 46.6 Å². The fourth-order valence-corrected chi connectivity index (χ4v) is 3.22. The maximum Gasteiger partial charge on any atom is 0.307 e. The second-order valence-corrected chi connectivity index (χ2v) is 7.30. The van der Waals surface area contributed by atoms with E-state index < -0.39 is 5.97 Å². The lowest BCUT2D eigenvalue weighted by atomic mass is 10.1. The lowest BCUT2D eigenvalue weighted by Crippen LogP contribution is -2.17. The van der Waals surface area contributed by atoms with E-state index in [1.54, 1.807) is 0 Å². The number of carboxylic acids is 1. The van der Waals surface area contributed by atoms with Gasteiger partial charge >= 0.3 is 5.97 Å². The molecule has 0 atom stereocenters. The topological polar surface area (TPSA) is 113 Å². The van der Waals surface area contributed by atoms with Crippen LogP contribution in [-0.2, 0) is 24.2 Å². The van der Waals surface area contributed by atoms with Crippen LogP contribution in [0.25, 0.3) is 0 Å². The summed E-state index contributed by atoms with van der Waals surface area (Å²) in [5.41, 5.74) is 9.86. The van der Waals surface area contributed by atoms with Gasteiger partial charge in [-0.05, 0) is 43.9 Å². The Morgan fingerprint density at radius 1 is 1.07 bits per heavy atom. The normalized spacial score (nSPS) is 10.8. The number of rotatable bonds is 13. The molecular weight excluding hydrogens is 366 g/mol. The minimum absolute atomic E-state index is 0.0610. The average molecular weight is 400 g/mol. The highest BCUT2D eigenvalue weighted by molar-refractivity contribution is 5.70. The number of nitrogens with one attached hydrogen (secondary N) is 2. The van der Waals surface area contributed by atoms with Gasteiger partial charge in [-0.3, -0.25) is 4.79 Å². The molecule has 158 valence electrons. The van der Waals surface area contributed by atoms with Crippen LogP contribution in [0.4, 0.5) is 11.8 Å². The molecule has 0 aliphatic heterocycles. The standard InChI is InChI=1S/C22H33N5O2/c1-3-4-5-13-25-21-19(16(2)26-22(23)27-21)7-6-12-24-15-18-10-8-17(9-11-18)14-20(28)29/h8-11,24H,3-7,12-15H2,1-2H3,(H,28,29)(H3,23,25,26,27). The van der Waals surface area contributed by atoms with Crippen molar-refractivity contribution in [1.82, 2.24) is 15.3 Å². The molecule has 0 spiro atoms. The minimum atomic E-state index is -0.808. The van der Waals surface area contributed by atoms with Crippen molar-refractivity contribution in [2.45, 2.75) is 58.9 Å². The number of unbranched alkanes of at least 4 members (excludes halogenated alkanes) is 2. The number of aryl methyl sites for hydroxylation is 1. The molecule has 0 saturated heterocycles. The Labute approximate surface area is 173 Å². The first-order valence-corrected chi connectivity index (χ1v) is 10.4. The van der Waals surface area contributed by atoms with Crippen LogP contribution in [0.5, 0.6) is 0 Å². The van der Waals surface area contributed by atoms with Crippen molar-refractivity contribution in [3.8, 4) is 0 Å². The van der Waals surface area contributed by atoms with Gasteiger partial charge < -0.3 is 21.5 Å². The van der Waals surface area contributed by atoms with Crippen molar-refractivity contribution < 1.29 is 9.90 Å². The van der Waals surface area contributed by atoms with E-state index in [4.69, 9.17) is 10.8 Å². The number of aliphatic carboxylic acids is 1. The molecule has 1 aromatic heterocycles. The molecule has 0 amide bonds. The predicted molar refractivity (Wildman–Crippen MR) is 117 cm³/mol. The van der Waals surface area contributed by atoms with Gasteiger partial charge in [0.1, 0.15) is 5.82 Å². The molecule has 0 aliphatic rings. The van der Waals surface area contributed by atoms with Gasteiger partial charge in [0.05, 0.1) is 6.42 Å². The summed E-state index contributed by atoms with van der Waals surface area (Å²) in [6.45, 7) is 6.70. The monoisotopic (exact) mass is 399 g/mol. The number of hydrogen-bond acceptors (Lipinski definition) is 6. The SMILES string of the molecule is CCCCCNc1nc(N)nc(C)c1CCCNCc1ccc(CC(=O)O)cc1. The molecule has 0 radical (unpaired) electrons. The van der Waals surface area contributed by atoms with Gasteiger partial charge in [-0.15, -0.1) is 0 Å². The second-order valence-electron chi connectivity index (χ2n) is 7.30. The Hall–Kier alpha value is -2.67.